The van der Waals surface area contributed by atoms with Crippen molar-refractivity contribution in [1.29, 1.82) is 0 Å². The normalized spacial score (nSPS) is 10.9. The molecular weight excluding hydrogens is 630 g/mol. The van der Waals surface area contributed by atoms with Crippen molar-refractivity contribution < 1.29 is 9.53 Å². The molecule has 0 aliphatic heterocycles. The molecule has 4 aromatic carbocycles. The van der Waals surface area contributed by atoms with Crippen LogP contribution in [0.25, 0.3) is 28.2 Å². The summed E-state index contributed by atoms with van der Waals surface area (Å²) in [6.07, 6.45) is 3.26. The molecule has 0 fully saturated rings. The second kappa shape index (κ2) is 12.8. The highest BCUT2D eigenvalue weighted by Gasteiger charge is 2.14. The largest absolute Gasteiger partial charge is 0.487 e. The van der Waals surface area contributed by atoms with Crippen molar-refractivity contribution in [2.75, 3.05) is 6.61 Å². The first kappa shape index (κ1) is 27.4. The Morgan fingerprint density at radius 1 is 0.825 bits per heavy atom. The first-order valence-corrected chi connectivity index (χ1v) is 14.1. The van der Waals surface area contributed by atoms with Crippen LogP contribution in [-0.4, -0.2) is 23.3 Å². The van der Waals surface area contributed by atoms with Crippen molar-refractivity contribution in [3.63, 3.8) is 0 Å². The fourth-order valence-corrected chi connectivity index (χ4v) is 5.76. The highest BCUT2D eigenvalue weighted by atomic mass is 79.9. The van der Waals surface area contributed by atoms with Gasteiger partial charge in [0.1, 0.15) is 12.4 Å². The second-order valence-corrected chi connectivity index (χ2v) is 10.5. The molecule has 1 amide bonds. The van der Waals surface area contributed by atoms with E-state index in [1.165, 1.54) is 0 Å². The van der Waals surface area contributed by atoms with E-state index < -0.39 is 0 Å². The number of carbonyl (C=O) groups is 1. The summed E-state index contributed by atoms with van der Waals surface area (Å²) in [5, 5.41) is 4.14. The number of aromatic nitrogens is 1. The number of hydrogen-bond donors (Lipinski definition) is 1. The molecule has 5 aromatic rings. The molecule has 7 heteroatoms. The van der Waals surface area contributed by atoms with Gasteiger partial charge in [0.2, 0.25) is 0 Å². The van der Waals surface area contributed by atoms with Crippen LogP contribution in [0.4, 0.5) is 0 Å². The SMILES string of the molecule is C=CCOc1c(Br)cc(/C=N\NC(=O)c2ccc(-n3c(-c4ccccc4)ccc3-c3ccccc3)cc2)cc1Br. The smallest absolute Gasteiger partial charge is 0.271 e. The fourth-order valence-electron chi connectivity index (χ4n) is 4.31. The first-order chi connectivity index (χ1) is 19.5. The van der Waals surface area contributed by atoms with Crippen LogP contribution < -0.4 is 10.2 Å². The molecule has 0 atom stereocenters. The summed E-state index contributed by atoms with van der Waals surface area (Å²) in [5.41, 5.74) is 9.22. The van der Waals surface area contributed by atoms with Gasteiger partial charge in [0, 0.05) is 11.3 Å². The lowest BCUT2D eigenvalue weighted by atomic mass is 10.1. The molecule has 0 bridgehead atoms. The molecule has 1 N–H and O–H groups in total. The number of ether oxygens (including phenoxy) is 1. The third-order valence-electron chi connectivity index (χ3n) is 6.15. The Bertz CT molecular complexity index is 1580. The number of nitrogens with one attached hydrogen (secondary N) is 1. The zero-order valence-corrected chi connectivity index (χ0v) is 24.6. The first-order valence-electron chi connectivity index (χ1n) is 12.5. The van der Waals surface area contributed by atoms with Gasteiger partial charge in [-0.2, -0.15) is 5.10 Å². The average molecular weight is 655 g/mol. The number of hydrazone groups is 1. The van der Waals surface area contributed by atoms with E-state index in [0.717, 1.165) is 42.7 Å². The Hall–Kier alpha value is -4.20. The van der Waals surface area contributed by atoms with E-state index in [-0.39, 0.29) is 5.91 Å². The molecule has 198 valence electrons. The number of amides is 1. The van der Waals surface area contributed by atoms with Crippen molar-refractivity contribution >= 4 is 44.0 Å². The van der Waals surface area contributed by atoms with E-state index in [4.69, 9.17) is 4.74 Å². The van der Waals surface area contributed by atoms with Gasteiger partial charge in [0.15, 0.2) is 0 Å². The van der Waals surface area contributed by atoms with Crippen molar-refractivity contribution in [2.45, 2.75) is 0 Å². The monoisotopic (exact) mass is 653 g/mol. The number of carbonyl (C=O) groups excluding carboxylic acids is 1. The van der Waals surface area contributed by atoms with Crippen LogP contribution >= 0.6 is 31.9 Å². The van der Waals surface area contributed by atoms with Gasteiger partial charge < -0.3 is 9.30 Å². The Morgan fingerprint density at radius 2 is 1.38 bits per heavy atom. The number of rotatable bonds is 9. The van der Waals surface area contributed by atoms with Crippen LogP contribution in [0.3, 0.4) is 0 Å². The number of nitrogens with zero attached hydrogens (tertiary/aromatic N) is 2. The lowest BCUT2D eigenvalue weighted by Crippen LogP contribution is -2.17. The maximum absolute atomic E-state index is 12.8. The highest BCUT2D eigenvalue weighted by Crippen LogP contribution is 2.35. The molecule has 5 rings (SSSR count). The van der Waals surface area contributed by atoms with Gasteiger partial charge in [0.25, 0.3) is 5.91 Å². The minimum Gasteiger partial charge on any atom is -0.487 e. The summed E-state index contributed by atoms with van der Waals surface area (Å²) in [4.78, 5) is 12.8. The number of hydrogen-bond acceptors (Lipinski definition) is 3. The number of benzene rings is 4. The van der Waals surface area contributed by atoms with Gasteiger partial charge in [-0.15, -0.1) is 0 Å². The Balaban J connectivity index is 1.36. The standard InChI is InChI=1S/C33H25Br2N3O2/c1-2-19-40-32-28(34)20-23(21-29(32)35)22-36-37-33(39)26-13-15-27(16-14-26)38-30(24-9-5-3-6-10-24)17-18-31(38)25-11-7-4-8-12-25/h2-18,20-22H,1,19H2,(H,37,39)/b36-22-. The van der Waals surface area contributed by atoms with E-state index in [2.05, 4.69) is 89.9 Å². The topological polar surface area (TPSA) is 55.6 Å². The molecule has 0 saturated heterocycles. The minimum atomic E-state index is -0.300. The Labute approximate surface area is 250 Å². The molecule has 0 unspecified atom stereocenters. The lowest BCUT2D eigenvalue weighted by Gasteiger charge is -2.15. The van der Waals surface area contributed by atoms with Crippen molar-refractivity contribution in [3.8, 4) is 34.0 Å². The fraction of sp³-hybridized carbons (Fsp3) is 0.0303. The summed E-state index contributed by atoms with van der Waals surface area (Å²) in [5.74, 6) is 0.376. The summed E-state index contributed by atoms with van der Waals surface area (Å²) in [6, 6.07) is 36.0. The maximum atomic E-state index is 12.8. The predicted molar refractivity (Wildman–Crippen MR) is 169 cm³/mol. The average Bonchev–Trinajstić information content (AvgIpc) is 3.43. The third kappa shape index (κ3) is 6.17. The van der Waals surface area contributed by atoms with Crippen LogP contribution in [0.2, 0.25) is 0 Å². The van der Waals surface area contributed by atoms with E-state index in [1.54, 1.807) is 12.3 Å². The van der Waals surface area contributed by atoms with E-state index >= 15 is 0 Å². The van der Waals surface area contributed by atoms with Gasteiger partial charge in [-0.05, 0) is 97.1 Å². The van der Waals surface area contributed by atoms with E-state index in [0.29, 0.717) is 17.9 Å². The minimum absolute atomic E-state index is 0.300. The molecule has 0 spiro atoms. The molecule has 0 aliphatic rings. The summed E-state index contributed by atoms with van der Waals surface area (Å²) in [6.45, 7) is 4.06. The van der Waals surface area contributed by atoms with Crippen molar-refractivity contribution in [1.82, 2.24) is 9.99 Å². The molecule has 0 saturated carbocycles. The number of halogens is 2. The van der Waals surface area contributed by atoms with Crippen LogP contribution in [-0.2, 0) is 0 Å². The lowest BCUT2D eigenvalue weighted by molar-refractivity contribution is 0.0955. The van der Waals surface area contributed by atoms with Gasteiger partial charge in [0.05, 0.1) is 26.5 Å². The molecular formula is C33H25Br2N3O2. The van der Waals surface area contributed by atoms with E-state index in [9.17, 15) is 4.79 Å². The van der Waals surface area contributed by atoms with Crippen LogP contribution in [0.5, 0.6) is 5.75 Å². The maximum Gasteiger partial charge on any atom is 0.271 e. The zero-order chi connectivity index (χ0) is 27.9. The van der Waals surface area contributed by atoms with Crippen molar-refractivity contribution in [3.05, 3.63) is 142 Å². The van der Waals surface area contributed by atoms with Gasteiger partial charge in [-0.25, -0.2) is 5.43 Å². The summed E-state index contributed by atoms with van der Waals surface area (Å²) < 4.78 is 9.39. The van der Waals surface area contributed by atoms with Gasteiger partial charge >= 0.3 is 0 Å². The molecule has 1 heterocycles. The van der Waals surface area contributed by atoms with Gasteiger partial charge in [-0.1, -0.05) is 73.3 Å². The second-order valence-electron chi connectivity index (χ2n) is 8.83. The highest BCUT2D eigenvalue weighted by molar-refractivity contribution is 9.11. The quantitative estimate of drug-likeness (QED) is 0.0982. The van der Waals surface area contributed by atoms with Crippen LogP contribution in [0.1, 0.15) is 15.9 Å². The summed E-state index contributed by atoms with van der Waals surface area (Å²) in [7, 11) is 0. The molecule has 1 aromatic heterocycles. The van der Waals surface area contributed by atoms with Crippen molar-refractivity contribution in [2.24, 2.45) is 5.10 Å². The molecule has 0 radical (unpaired) electrons. The Kier molecular flexibility index (Phi) is 8.74. The Morgan fingerprint density at radius 3 is 1.90 bits per heavy atom. The van der Waals surface area contributed by atoms with Gasteiger partial charge in [-0.3, -0.25) is 4.79 Å². The van der Waals surface area contributed by atoms with Crippen LogP contribution in [0, 0.1) is 0 Å². The molecule has 5 nitrogen and oxygen atoms in total. The zero-order valence-electron chi connectivity index (χ0n) is 21.4. The predicted octanol–water partition coefficient (Wildman–Crippen LogP) is 8.67. The third-order valence-corrected chi connectivity index (χ3v) is 7.33. The van der Waals surface area contributed by atoms with E-state index in [1.807, 2.05) is 72.8 Å². The molecule has 40 heavy (non-hydrogen) atoms. The molecule has 0 aliphatic carbocycles. The summed E-state index contributed by atoms with van der Waals surface area (Å²) >= 11 is 7.02. The van der Waals surface area contributed by atoms with Crippen LogP contribution in [0.15, 0.2) is 136 Å².